The predicted molar refractivity (Wildman–Crippen MR) is 97.1 cm³/mol. The highest BCUT2D eigenvalue weighted by molar-refractivity contribution is 5.98. The number of nitrogens with one attached hydrogen (secondary N) is 1. The number of hydrogen-bond donors (Lipinski definition) is 1. The molecule has 1 N–H and O–H groups in total. The summed E-state index contributed by atoms with van der Waals surface area (Å²) in [6, 6.07) is 16.5. The molecule has 0 aliphatic carbocycles. The number of urea groups is 1. The molecule has 130 valence electrons. The van der Waals surface area contributed by atoms with E-state index < -0.39 is 0 Å². The molecule has 5 heteroatoms. The molecule has 2 aromatic carbocycles. The normalized spacial score (nSPS) is 14.8. The first-order chi connectivity index (χ1) is 12.2. The summed E-state index contributed by atoms with van der Waals surface area (Å²) in [6.45, 7) is 1.16. The van der Waals surface area contributed by atoms with Crippen molar-refractivity contribution in [3.63, 3.8) is 0 Å². The molecule has 0 atom stereocenters. The van der Waals surface area contributed by atoms with Crippen molar-refractivity contribution in [2.75, 3.05) is 25.5 Å². The third-order valence-electron chi connectivity index (χ3n) is 4.53. The lowest BCUT2D eigenvalue weighted by atomic mass is 9.89. The van der Waals surface area contributed by atoms with Gasteiger partial charge in [0.25, 0.3) is 0 Å². The van der Waals surface area contributed by atoms with Crippen LogP contribution < -0.4 is 10.1 Å². The summed E-state index contributed by atoms with van der Waals surface area (Å²) in [7, 11) is 1.59. The van der Waals surface area contributed by atoms with Gasteiger partial charge in [-0.25, -0.2) is 4.79 Å². The lowest BCUT2D eigenvalue weighted by Crippen LogP contribution is -2.42. The van der Waals surface area contributed by atoms with E-state index in [4.69, 9.17) is 4.74 Å². The van der Waals surface area contributed by atoms with Gasteiger partial charge in [-0.3, -0.25) is 4.79 Å². The van der Waals surface area contributed by atoms with Crippen molar-refractivity contribution in [3.05, 3.63) is 60.2 Å². The van der Waals surface area contributed by atoms with E-state index in [2.05, 4.69) is 5.32 Å². The number of nitrogens with zero attached hydrogens (tertiary/aromatic N) is 1. The van der Waals surface area contributed by atoms with Crippen LogP contribution in [0.5, 0.6) is 5.75 Å². The van der Waals surface area contributed by atoms with Crippen molar-refractivity contribution in [3.8, 4) is 5.75 Å². The highest BCUT2D eigenvalue weighted by Crippen LogP contribution is 2.23. The van der Waals surface area contributed by atoms with Crippen molar-refractivity contribution in [2.45, 2.75) is 12.8 Å². The molecule has 2 aromatic rings. The van der Waals surface area contributed by atoms with Crippen LogP contribution in [0.15, 0.2) is 54.6 Å². The minimum Gasteiger partial charge on any atom is -0.497 e. The molecule has 0 radical (unpaired) electrons. The highest BCUT2D eigenvalue weighted by Gasteiger charge is 2.27. The van der Waals surface area contributed by atoms with Gasteiger partial charge in [-0.1, -0.05) is 36.4 Å². The van der Waals surface area contributed by atoms with Crippen molar-refractivity contribution in [1.82, 2.24) is 4.90 Å². The second-order valence-corrected chi connectivity index (χ2v) is 6.15. The smallest absolute Gasteiger partial charge is 0.321 e. The summed E-state index contributed by atoms with van der Waals surface area (Å²) in [4.78, 5) is 26.7. The van der Waals surface area contributed by atoms with Crippen LogP contribution in [0.4, 0.5) is 10.5 Å². The number of anilines is 1. The van der Waals surface area contributed by atoms with Gasteiger partial charge >= 0.3 is 6.03 Å². The lowest BCUT2D eigenvalue weighted by molar-refractivity contribution is 0.0859. The Hall–Kier alpha value is -2.82. The number of ether oxygens (including phenoxy) is 1. The topological polar surface area (TPSA) is 58.6 Å². The van der Waals surface area contributed by atoms with Gasteiger partial charge in [0.05, 0.1) is 7.11 Å². The van der Waals surface area contributed by atoms with Gasteiger partial charge in [0, 0.05) is 36.3 Å². The summed E-state index contributed by atoms with van der Waals surface area (Å²) < 4.78 is 5.16. The fourth-order valence-electron chi connectivity index (χ4n) is 3.09. The molecule has 0 unspecified atom stereocenters. The molecule has 3 rings (SSSR count). The Labute approximate surface area is 147 Å². The maximum atomic E-state index is 12.5. The number of carbonyl (C=O) groups is 2. The van der Waals surface area contributed by atoms with E-state index in [1.807, 2.05) is 48.5 Å². The summed E-state index contributed by atoms with van der Waals surface area (Å²) >= 11 is 0. The van der Waals surface area contributed by atoms with Crippen LogP contribution in [0.2, 0.25) is 0 Å². The van der Waals surface area contributed by atoms with Crippen molar-refractivity contribution in [1.29, 1.82) is 0 Å². The van der Waals surface area contributed by atoms with Gasteiger partial charge < -0.3 is 15.0 Å². The van der Waals surface area contributed by atoms with Crippen LogP contribution in [0, 0.1) is 5.92 Å². The molecule has 5 nitrogen and oxygen atoms in total. The van der Waals surface area contributed by atoms with Crippen molar-refractivity contribution >= 4 is 17.5 Å². The van der Waals surface area contributed by atoms with Crippen LogP contribution >= 0.6 is 0 Å². The summed E-state index contributed by atoms with van der Waals surface area (Å²) in [5.74, 6) is 0.863. The second-order valence-electron chi connectivity index (χ2n) is 6.15. The third-order valence-corrected chi connectivity index (χ3v) is 4.53. The maximum absolute atomic E-state index is 12.5. The van der Waals surface area contributed by atoms with Crippen LogP contribution in [0.25, 0.3) is 0 Å². The molecule has 2 amide bonds. The fourth-order valence-corrected chi connectivity index (χ4v) is 3.09. The number of likely N-dealkylation sites (tertiary alicyclic amines) is 1. The van der Waals surface area contributed by atoms with E-state index in [-0.39, 0.29) is 17.7 Å². The Kier molecular flexibility index (Phi) is 5.33. The lowest BCUT2D eigenvalue weighted by Gasteiger charge is -2.31. The highest BCUT2D eigenvalue weighted by atomic mass is 16.5. The number of piperidine rings is 1. The standard InChI is InChI=1S/C20H22N2O3/c1-25-18-9-5-8-17(14-18)21-20(24)22-12-10-16(11-13-22)19(23)15-6-3-2-4-7-15/h2-9,14,16H,10-13H2,1H3,(H,21,24). The molecule has 1 saturated heterocycles. The maximum Gasteiger partial charge on any atom is 0.321 e. The van der Waals surface area contributed by atoms with Gasteiger partial charge in [0.1, 0.15) is 5.75 Å². The van der Waals surface area contributed by atoms with Crippen LogP contribution in [-0.2, 0) is 0 Å². The molecule has 1 fully saturated rings. The minimum absolute atomic E-state index is 0.0109. The molecule has 0 aromatic heterocycles. The number of ketones is 1. The SMILES string of the molecule is COc1cccc(NC(=O)N2CCC(C(=O)c3ccccc3)CC2)c1. The van der Waals surface area contributed by atoms with E-state index in [1.165, 1.54) is 0 Å². The molecule has 1 aliphatic rings. The number of carbonyl (C=O) groups excluding carboxylic acids is 2. The Morgan fingerprint density at radius 1 is 1.04 bits per heavy atom. The molecule has 25 heavy (non-hydrogen) atoms. The van der Waals surface area contributed by atoms with Crippen molar-refractivity contribution < 1.29 is 14.3 Å². The van der Waals surface area contributed by atoms with Crippen LogP contribution in [-0.4, -0.2) is 36.9 Å². The molecule has 1 aliphatic heterocycles. The average molecular weight is 338 g/mol. The Bertz CT molecular complexity index is 738. The van der Waals surface area contributed by atoms with E-state index >= 15 is 0 Å². The number of rotatable bonds is 4. The van der Waals surface area contributed by atoms with Gasteiger partial charge in [0.15, 0.2) is 5.78 Å². The quantitative estimate of drug-likeness (QED) is 0.862. The minimum atomic E-state index is -0.140. The van der Waals surface area contributed by atoms with E-state index in [9.17, 15) is 9.59 Å². The van der Waals surface area contributed by atoms with Gasteiger partial charge in [-0.15, -0.1) is 0 Å². The van der Waals surface area contributed by atoms with E-state index in [0.29, 0.717) is 37.4 Å². The van der Waals surface area contributed by atoms with Crippen LogP contribution in [0.3, 0.4) is 0 Å². The molecule has 0 spiro atoms. The number of Topliss-reactive ketones (excluding diaryl/α,β-unsaturated/α-hetero) is 1. The monoisotopic (exact) mass is 338 g/mol. The zero-order valence-electron chi connectivity index (χ0n) is 14.3. The van der Waals surface area contributed by atoms with Crippen LogP contribution in [0.1, 0.15) is 23.2 Å². The summed E-state index contributed by atoms with van der Waals surface area (Å²) in [5, 5.41) is 2.88. The molecule has 1 heterocycles. The first-order valence-corrected chi connectivity index (χ1v) is 8.46. The number of benzene rings is 2. The van der Waals surface area contributed by atoms with Crippen molar-refractivity contribution in [2.24, 2.45) is 5.92 Å². The molecule has 0 bridgehead atoms. The third kappa shape index (κ3) is 4.18. The first-order valence-electron chi connectivity index (χ1n) is 8.46. The Balaban J connectivity index is 1.55. The van der Waals surface area contributed by atoms with Gasteiger partial charge in [-0.05, 0) is 25.0 Å². The average Bonchev–Trinajstić information content (AvgIpc) is 2.68. The number of hydrogen-bond acceptors (Lipinski definition) is 3. The summed E-state index contributed by atoms with van der Waals surface area (Å²) in [6.07, 6.45) is 1.39. The Morgan fingerprint density at radius 2 is 1.76 bits per heavy atom. The molecular formula is C20H22N2O3. The molecule has 0 saturated carbocycles. The fraction of sp³-hybridized carbons (Fsp3) is 0.300. The largest absolute Gasteiger partial charge is 0.497 e. The number of amides is 2. The zero-order valence-corrected chi connectivity index (χ0v) is 14.3. The zero-order chi connectivity index (χ0) is 17.6. The van der Waals surface area contributed by atoms with Gasteiger partial charge in [0.2, 0.25) is 0 Å². The first kappa shape index (κ1) is 17.0. The van der Waals surface area contributed by atoms with E-state index in [1.54, 1.807) is 18.1 Å². The second kappa shape index (κ2) is 7.83. The van der Waals surface area contributed by atoms with Gasteiger partial charge in [-0.2, -0.15) is 0 Å². The molecular weight excluding hydrogens is 316 g/mol. The number of methoxy groups -OCH3 is 1. The Morgan fingerprint density at radius 3 is 2.44 bits per heavy atom. The predicted octanol–water partition coefficient (Wildman–Crippen LogP) is 3.82. The van der Waals surface area contributed by atoms with E-state index in [0.717, 1.165) is 5.56 Å². The summed E-state index contributed by atoms with van der Waals surface area (Å²) in [5.41, 5.74) is 1.45.